The zero-order chi connectivity index (χ0) is 7.56. The molecule has 0 saturated carbocycles. The summed E-state index contributed by atoms with van der Waals surface area (Å²) in [5, 5.41) is 0.277. The van der Waals surface area contributed by atoms with Gasteiger partial charge in [-0.3, -0.25) is 4.99 Å². The molecule has 0 saturated heterocycles. The minimum absolute atomic E-state index is 0.149. The Labute approximate surface area is 62.1 Å². The van der Waals surface area contributed by atoms with Gasteiger partial charge in [0, 0.05) is 0 Å². The van der Waals surface area contributed by atoms with Crippen molar-refractivity contribution in [3.05, 3.63) is 12.2 Å². The predicted molar refractivity (Wildman–Crippen MR) is 41.4 cm³/mol. The largest absolute Gasteiger partial charge is 0.301 e. The van der Waals surface area contributed by atoms with E-state index in [4.69, 9.17) is 4.55 Å². The summed E-state index contributed by atoms with van der Waals surface area (Å²) < 4.78 is 19.0. The van der Waals surface area contributed by atoms with Gasteiger partial charge < -0.3 is 4.55 Å². The highest BCUT2D eigenvalue weighted by molar-refractivity contribution is 7.96. The molecule has 0 spiro atoms. The minimum atomic E-state index is -1.91. The summed E-state index contributed by atoms with van der Waals surface area (Å²) in [7, 11) is 0. The van der Waals surface area contributed by atoms with E-state index in [1.165, 1.54) is 0 Å². The van der Waals surface area contributed by atoms with E-state index in [-0.39, 0.29) is 11.1 Å². The molecule has 2 atom stereocenters. The van der Waals surface area contributed by atoms with Crippen molar-refractivity contribution in [2.75, 3.05) is 0 Å². The highest BCUT2D eigenvalue weighted by Gasteiger charge is 2.08. The molecule has 0 fully saturated rings. The SMILES string of the molecule is CC1CC=CC(S(=O)O)=N1. The predicted octanol–water partition coefficient (Wildman–Crippen LogP) is 0.955. The Kier molecular flexibility index (Phi) is 2.34. The van der Waals surface area contributed by atoms with Crippen molar-refractivity contribution < 1.29 is 8.76 Å². The van der Waals surface area contributed by atoms with E-state index in [1.54, 1.807) is 6.08 Å². The first kappa shape index (κ1) is 7.63. The summed E-state index contributed by atoms with van der Waals surface area (Å²) in [5.41, 5.74) is 0. The van der Waals surface area contributed by atoms with E-state index >= 15 is 0 Å². The van der Waals surface area contributed by atoms with Crippen LogP contribution in [0.5, 0.6) is 0 Å². The first-order valence-corrected chi connectivity index (χ1v) is 4.16. The lowest BCUT2D eigenvalue weighted by molar-refractivity contribution is 0.576. The zero-order valence-corrected chi connectivity index (χ0v) is 6.47. The molecule has 0 aromatic carbocycles. The number of hydrogen-bond acceptors (Lipinski definition) is 2. The third-order valence-corrected chi connectivity index (χ3v) is 1.86. The molecule has 4 heteroatoms. The lowest BCUT2D eigenvalue weighted by Crippen LogP contribution is -2.11. The second kappa shape index (κ2) is 3.07. The Hall–Kier alpha value is -0.480. The molecule has 1 heterocycles. The Morgan fingerprint density at radius 3 is 3.00 bits per heavy atom. The second-order valence-corrected chi connectivity index (χ2v) is 3.12. The molecule has 1 rings (SSSR count). The monoisotopic (exact) mass is 159 g/mol. The van der Waals surface area contributed by atoms with Crippen LogP contribution in [0, 0.1) is 0 Å². The molecule has 2 unspecified atom stereocenters. The van der Waals surface area contributed by atoms with Crippen molar-refractivity contribution in [2.24, 2.45) is 4.99 Å². The summed E-state index contributed by atoms with van der Waals surface area (Å²) in [4.78, 5) is 3.96. The van der Waals surface area contributed by atoms with E-state index < -0.39 is 11.1 Å². The summed E-state index contributed by atoms with van der Waals surface area (Å²) >= 11 is -1.91. The van der Waals surface area contributed by atoms with Gasteiger partial charge in [-0.1, -0.05) is 6.08 Å². The smallest absolute Gasteiger partial charge is 0.205 e. The third-order valence-electron chi connectivity index (χ3n) is 1.26. The fourth-order valence-electron chi connectivity index (χ4n) is 0.782. The first-order chi connectivity index (χ1) is 4.70. The van der Waals surface area contributed by atoms with Crippen molar-refractivity contribution in [3.63, 3.8) is 0 Å². The van der Waals surface area contributed by atoms with Gasteiger partial charge in [0.25, 0.3) is 0 Å². The summed E-state index contributed by atoms with van der Waals surface area (Å²) in [5.74, 6) is 0. The molecule has 0 bridgehead atoms. The molecular weight excluding hydrogens is 150 g/mol. The van der Waals surface area contributed by atoms with E-state index in [1.807, 2.05) is 13.0 Å². The number of dihydropyridines is 1. The normalized spacial score (nSPS) is 27.8. The molecule has 0 aromatic heterocycles. The molecule has 0 radical (unpaired) electrons. The fourth-order valence-corrected chi connectivity index (χ4v) is 1.26. The summed E-state index contributed by atoms with van der Waals surface area (Å²) in [6, 6.07) is 0.149. The highest BCUT2D eigenvalue weighted by Crippen LogP contribution is 2.06. The van der Waals surface area contributed by atoms with Gasteiger partial charge >= 0.3 is 0 Å². The number of aliphatic imine (C=N–C) groups is 1. The van der Waals surface area contributed by atoms with Crippen LogP contribution in [0.2, 0.25) is 0 Å². The summed E-state index contributed by atoms with van der Waals surface area (Å²) in [6.07, 6.45) is 4.32. The van der Waals surface area contributed by atoms with Crippen LogP contribution in [0.3, 0.4) is 0 Å². The average molecular weight is 159 g/mol. The van der Waals surface area contributed by atoms with E-state index in [2.05, 4.69) is 4.99 Å². The molecular formula is C6H9NO2S. The van der Waals surface area contributed by atoms with Crippen LogP contribution in [0.4, 0.5) is 0 Å². The van der Waals surface area contributed by atoms with Crippen LogP contribution in [-0.4, -0.2) is 19.8 Å². The van der Waals surface area contributed by atoms with Crippen LogP contribution < -0.4 is 0 Å². The van der Waals surface area contributed by atoms with Crippen LogP contribution in [-0.2, 0) is 11.1 Å². The van der Waals surface area contributed by atoms with Crippen molar-refractivity contribution in [1.82, 2.24) is 0 Å². The minimum Gasteiger partial charge on any atom is -0.301 e. The van der Waals surface area contributed by atoms with Crippen LogP contribution in [0.15, 0.2) is 17.1 Å². The van der Waals surface area contributed by atoms with Gasteiger partial charge in [0.15, 0.2) is 0 Å². The zero-order valence-electron chi connectivity index (χ0n) is 5.65. The van der Waals surface area contributed by atoms with E-state index in [0.717, 1.165) is 6.42 Å². The maximum absolute atomic E-state index is 10.4. The lowest BCUT2D eigenvalue weighted by atomic mass is 10.2. The van der Waals surface area contributed by atoms with Gasteiger partial charge in [-0.2, -0.15) is 0 Å². The van der Waals surface area contributed by atoms with Gasteiger partial charge in [0.1, 0.15) is 5.04 Å². The number of nitrogens with zero attached hydrogens (tertiary/aromatic N) is 1. The molecule has 56 valence electrons. The topological polar surface area (TPSA) is 49.7 Å². The molecule has 0 aromatic rings. The highest BCUT2D eigenvalue weighted by atomic mass is 32.2. The van der Waals surface area contributed by atoms with Crippen molar-refractivity contribution in [3.8, 4) is 0 Å². The lowest BCUT2D eigenvalue weighted by Gasteiger charge is -2.07. The Morgan fingerprint density at radius 2 is 2.60 bits per heavy atom. The van der Waals surface area contributed by atoms with Gasteiger partial charge in [0.05, 0.1) is 6.04 Å². The molecule has 1 N–H and O–H groups in total. The Balaban J connectivity index is 2.76. The van der Waals surface area contributed by atoms with Gasteiger partial charge in [-0.15, -0.1) is 0 Å². The standard InChI is InChI=1S/C6H9NO2S/c1-5-3-2-4-6(7-5)10(8)9/h2,4-5H,3H2,1H3,(H,8,9). The van der Waals surface area contributed by atoms with Crippen LogP contribution in [0.25, 0.3) is 0 Å². The fraction of sp³-hybridized carbons (Fsp3) is 0.500. The molecule has 10 heavy (non-hydrogen) atoms. The molecule has 0 amide bonds. The van der Waals surface area contributed by atoms with E-state index in [0.29, 0.717) is 0 Å². The van der Waals surface area contributed by atoms with Gasteiger partial charge in [-0.25, -0.2) is 4.21 Å². The van der Waals surface area contributed by atoms with Gasteiger partial charge in [0.2, 0.25) is 11.1 Å². The number of hydrogen-bond donors (Lipinski definition) is 1. The molecule has 1 aliphatic heterocycles. The molecule has 3 nitrogen and oxygen atoms in total. The molecule has 1 aliphatic rings. The van der Waals surface area contributed by atoms with Crippen molar-refractivity contribution in [2.45, 2.75) is 19.4 Å². The van der Waals surface area contributed by atoms with Crippen LogP contribution in [0.1, 0.15) is 13.3 Å². The van der Waals surface area contributed by atoms with Crippen molar-refractivity contribution >= 4 is 16.1 Å². The molecule has 0 aliphatic carbocycles. The maximum atomic E-state index is 10.4. The van der Waals surface area contributed by atoms with E-state index in [9.17, 15) is 4.21 Å². The Bertz CT molecular complexity index is 210. The third kappa shape index (κ3) is 1.75. The number of rotatable bonds is 0. The van der Waals surface area contributed by atoms with Crippen LogP contribution >= 0.6 is 0 Å². The van der Waals surface area contributed by atoms with Crippen molar-refractivity contribution in [1.29, 1.82) is 0 Å². The quantitative estimate of drug-likeness (QED) is 0.535. The summed E-state index contributed by atoms with van der Waals surface area (Å²) in [6.45, 7) is 1.91. The average Bonchev–Trinajstić information content (AvgIpc) is 1.88. The van der Waals surface area contributed by atoms with Gasteiger partial charge in [-0.05, 0) is 19.4 Å². The second-order valence-electron chi connectivity index (χ2n) is 2.20. The first-order valence-electron chi connectivity index (χ1n) is 3.05. The maximum Gasteiger partial charge on any atom is 0.205 e. The Morgan fingerprint density at radius 1 is 1.90 bits per heavy atom.